The van der Waals surface area contributed by atoms with Crippen LogP contribution in [0.4, 0.5) is 0 Å². The first-order valence-electron chi connectivity index (χ1n) is 8.38. The maximum atomic E-state index is 12.8. The highest BCUT2D eigenvalue weighted by Gasteiger charge is 2.14. The number of ether oxygens (including phenoxy) is 1. The Morgan fingerprint density at radius 2 is 1.96 bits per heavy atom. The first-order chi connectivity index (χ1) is 12.0. The molecule has 0 aliphatic rings. The van der Waals surface area contributed by atoms with E-state index in [-0.39, 0.29) is 16.4 Å². The number of carbonyl (C=O) groups is 1. The molecule has 0 saturated carbocycles. The molecule has 5 heteroatoms. The molecule has 0 unspecified atom stereocenters. The molecule has 0 radical (unpaired) electrons. The number of benzene rings is 2. The summed E-state index contributed by atoms with van der Waals surface area (Å²) in [4.78, 5) is 24.0. The van der Waals surface area contributed by atoms with E-state index in [0.29, 0.717) is 28.9 Å². The van der Waals surface area contributed by atoms with Crippen molar-refractivity contribution in [1.29, 1.82) is 0 Å². The number of fused-ring (bicyclic) bond motifs is 2. The van der Waals surface area contributed by atoms with Crippen LogP contribution in [-0.2, 0) is 0 Å². The zero-order valence-electron chi connectivity index (χ0n) is 14.3. The van der Waals surface area contributed by atoms with Gasteiger partial charge in [0.2, 0.25) is 5.43 Å². The van der Waals surface area contributed by atoms with Crippen LogP contribution in [0.2, 0.25) is 0 Å². The van der Waals surface area contributed by atoms with Gasteiger partial charge >= 0.3 is 5.97 Å². The summed E-state index contributed by atoms with van der Waals surface area (Å²) in [5, 5.41) is 9.79. The molecule has 0 saturated heterocycles. The number of carboxylic acids is 1. The van der Waals surface area contributed by atoms with Crippen LogP contribution in [0.3, 0.4) is 0 Å². The molecule has 0 aliphatic carbocycles. The van der Waals surface area contributed by atoms with Gasteiger partial charge in [0.25, 0.3) is 0 Å². The number of hydrogen-bond acceptors (Lipinski definition) is 4. The lowest BCUT2D eigenvalue weighted by Crippen LogP contribution is -2.06. The molecule has 130 valence electrons. The lowest BCUT2D eigenvalue weighted by Gasteiger charge is -2.10. The SMILES string of the molecule is CCCCCOc1cc(C)c2oc3ccc(C(=O)O)cc3c(=O)c2c1. The molecule has 5 nitrogen and oxygen atoms in total. The van der Waals surface area contributed by atoms with E-state index in [1.807, 2.05) is 13.0 Å². The summed E-state index contributed by atoms with van der Waals surface area (Å²) in [6.45, 7) is 4.59. The minimum atomic E-state index is -1.08. The highest BCUT2D eigenvalue weighted by Crippen LogP contribution is 2.27. The molecule has 0 bridgehead atoms. The molecule has 0 fully saturated rings. The lowest BCUT2D eigenvalue weighted by atomic mass is 10.1. The fraction of sp³-hybridized carbons (Fsp3) is 0.300. The third-order valence-electron chi connectivity index (χ3n) is 4.19. The van der Waals surface area contributed by atoms with Gasteiger partial charge in [0.05, 0.1) is 22.9 Å². The van der Waals surface area contributed by atoms with E-state index in [9.17, 15) is 9.59 Å². The highest BCUT2D eigenvalue weighted by molar-refractivity contribution is 5.96. The predicted molar refractivity (Wildman–Crippen MR) is 96.7 cm³/mol. The summed E-state index contributed by atoms with van der Waals surface area (Å²) < 4.78 is 11.6. The maximum absolute atomic E-state index is 12.8. The average molecular weight is 340 g/mol. The maximum Gasteiger partial charge on any atom is 0.335 e. The summed E-state index contributed by atoms with van der Waals surface area (Å²) in [7, 11) is 0. The van der Waals surface area contributed by atoms with Crippen molar-refractivity contribution in [2.45, 2.75) is 33.1 Å². The Morgan fingerprint density at radius 1 is 1.16 bits per heavy atom. The van der Waals surface area contributed by atoms with Crippen LogP contribution in [0.1, 0.15) is 42.1 Å². The number of unbranched alkanes of at least 4 members (excludes halogenated alkanes) is 2. The summed E-state index contributed by atoms with van der Waals surface area (Å²) in [5.41, 5.74) is 1.50. The standard InChI is InChI=1S/C20H20O5/c1-3-4-5-8-24-14-9-12(2)19-16(11-14)18(21)15-10-13(20(22)23)6-7-17(15)25-19/h6-7,9-11H,3-5,8H2,1-2H3,(H,22,23). The molecule has 1 aromatic heterocycles. The van der Waals surface area contributed by atoms with Crippen molar-refractivity contribution in [2.75, 3.05) is 6.61 Å². The first kappa shape index (κ1) is 17.0. The molecule has 0 atom stereocenters. The summed E-state index contributed by atoms with van der Waals surface area (Å²) in [6, 6.07) is 7.84. The zero-order chi connectivity index (χ0) is 18.0. The number of rotatable bonds is 6. The number of aryl methyl sites for hydroxylation is 1. The van der Waals surface area contributed by atoms with Gasteiger partial charge in [-0.3, -0.25) is 4.79 Å². The Kier molecular flexibility index (Phi) is 4.74. The normalized spacial score (nSPS) is 11.1. The molecule has 1 heterocycles. The Balaban J connectivity index is 2.11. The van der Waals surface area contributed by atoms with Crippen LogP contribution in [0.25, 0.3) is 21.9 Å². The van der Waals surface area contributed by atoms with Gasteiger partial charge in [-0.25, -0.2) is 4.79 Å². The van der Waals surface area contributed by atoms with Gasteiger partial charge in [-0.2, -0.15) is 0 Å². The van der Waals surface area contributed by atoms with Gasteiger partial charge < -0.3 is 14.3 Å². The van der Waals surface area contributed by atoms with Crippen molar-refractivity contribution in [3.8, 4) is 5.75 Å². The van der Waals surface area contributed by atoms with E-state index in [0.717, 1.165) is 24.8 Å². The van der Waals surface area contributed by atoms with Crippen molar-refractivity contribution in [3.63, 3.8) is 0 Å². The van der Waals surface area contributed by atoms with Gasteiger partial charge in [-0.1, -0.05) is 19.8 Å². The van der Waals surface area contributed by atoms with Gasteiger partial charge in [0, 0.05) is 0 Å². The van der Waals surface area contributed by atoms with Crippen LogP contribution < -0.4 is 10.2 Å². The van der Waals surface area contributed by atoms with E-state index in [1.54, 1.807) is 6.07 Å². The average Bonchev–Trinajstić information content (AvgIpc) is 2.59. The minimum Gasteiger partial charge on any atom is -0.494 e. The molecular formula is C20H20O5. The number of hydrogen-bond donors (Lipinski definition) is 1. The van der Waals surface area contributed by atoms with E-state index in [4.69, 9.17) is 14.3 Å². The molecular weight excluding hydrogens is 320 g/mol. The second-order valence-electron chi connectivity index (χ2n) is 6.12. The smallest absolute Gasteiger partial charge is 0.335 e. The molecule has 1 N–H and O–H groups in total. The molecule has 0 amide bonds. The van der Waals surface area contributed by atoms with E-state index in [2.05, 4.69) is 6.92 Å². The Bertz CT molecular complexity index is 1000. The van der Waals surface area contributed by atoms with Crippen molar-refractivity contribution in [1.82, 2.24) is 0 Å². The summed E-state index contributed by atoms with van der Waals surface area (Å²) in [5.74, 6) is -0.451. The van der Waals surface area contributed by atoms with Gasteiger partial charge in [0.1, 0.15) is 16.9 Å². The van der Waals surface area contributed by atoms with Gasteiger partial charge in [-0.15, -0.1) is 0 Å². The lowest BCUT2D eigenvalue weighted by molar-refractivity contribution is 0.0697. The molecule has 0 spiro atoms. The van der Waals surface area contributed by atoms with E-state index < -0.39 is 5.97 Å². The van der Waals surface area contributed by atoms with Crippen molar-refractivity contribution in [2.24, 2.45) is 0 Å². The van der Waals surface area contributed by atoms with Crippen molar-refractivity contribution in [3.05, 3.63) is 51.7 Å². The van der Waals surface area contributed by atoms with Gasteiger partial charge in [-0.05, 0) is 49.2 Å². The largest absolute Gasteiger partial charge is 0.494 e. The van der Waals surface area contributed by atoms with Crippen LogP contribution in [0.15, 0.2) is 39.5 Å². The molecule has 3 aromatic rings. The predicted octanol–water partition coefficient (Wildman–Crippen LogP) is 4.52. The topological polar surface area (TPSA) is 76.7 Å². The first-order valence-corrected chi connectivity index (χ1v) is 8.38. The minimum absolute atomic E-state index is 0.0582. The molecule has 0 aliphatic heterocycles. The van der Waals surface area contributed by atoms with E-state index in [1.165, 1.54) is 18.2 Å². The van der Waals surface area contributed by atoms with Crippen molar-refractivity contribution < 1.29 is 19.1 Å². The molecule has 2 aromatic carbocycles. The fourth-order valence-electron chi connectivity index (χ4n) is 2.85. The Labute approximate surface area is 144 Å². The molecule has 3 rings (SSSR count). The van der Waals surface area contributed by atoms with E-state index >= 15 is 0 Å². The Hall–Kier alpha value is -2.82. The van der Waals surface area contributed by atoms with Crippen LogP contribution >= 0.6 is 0 Å². The van der Waals surface area contributed by atoms with Crippen molar-refractivity contribution >= 4 is 27.9 Å². The Morgan fingerprint density at radius 3 is 2.68 bits per heavy atom. The zero-order valence-corrected chi connectivity index (χ0v) is 14.3. The second kappa shape index (κ2) is 6.97. The summed E-state index contributed by atoms with van der Waals surface area (Å²) >= 11 is 0. The van der Waals surface area contributed by atoms with Crippen LogP contribution in [0, 0.1) is 6.92 Å². The highest BCUT2D eigenvalue weighted by atomic mass is 16.5. The third-order valence-corrected chi connectivity index (χ3v) is 4.19. The monoisotopic (exact) mass is 340 g/mol. The quantitative estimate of drug-likeness (QED) is 0.527. The number of aromatic carboxylic acids is 1. The summed E-state index contributed by atoms with van der Waals surface area (Å²) in [6.07, 6.45) is 3.17. The van der Waals surface area contributed by atoms with Crippen LogP contribution in [0.5, 0.6) is 5.75 Å². The van der Waals surface area contributed by atoms with Crippen LogP contribution in [-0.4, -0.2) is 17.7 Å². The van der Waals surface area contributed by atoms with Gasteiger partial charge in [0.15, 0.2) is 0 Å². The number of carboxylic acid groups (broad SMARTS) is 1. The fourth-order valence-corrected chi connectivity index (χ4v) is 2.85. The second-order valence-corrected chi connectivity index (χ2v) is 6.12. The molecule has 25 heavy (non-hydrogen) atoms. The third kappa shape index (κ3) is 3.36.